The lowest BCUT2D eigenvalue weighted by Crippen LogP contribution is -2.68. The van der Waals surface area contributed by atoms with Crippen molar-refractivity contribution in [2.24, 2.45) is 11.8 Å². The number of carbonyl (C=O) groups is 3. The van der Waals surface area contributed by atoms with Crippen LogP contribution in [0, 0.1) is 18.8 Å². The van der Waals surface area contributed by atoms with Crippen molar-refractivity contribution in [1.82, 2.24) is 10.2 Å². The summed E-state index contributed by atoms with van der Waals surface area (Å²) in [4.78, 5) is 39.6. The number of benzene rings is 1. The van der Waals surface area contributed by atoms with E-state index in [2.05, 4.69) is 30.2 Å². The minimum absolute atomic E-state index is 0.0624. The van der Waals surface area contributed by atoms with Gasteiger partial charge in [0.25, 0.3) is 5.91 Å². The van der Waals surface area contributed by atoms with Crippen molar-refractivity contribution in [1.29, 1.82) is 0 Å². The number of hydrogen-bond acceptors (Lipinski definition) is 4. The highest BCUT2D eigenvalue weighted by molar-refractivity contribution is 5.98. The highest BCUT2D eigenvalue weighted by Crippen LogP contribution is 2.25. The molecule has 0 spiro atoms. The van der Waals surface area contributed by atoms with Gasteiger partial charge in [0, 0.05) is 25.4 Å². The van der Waals surface area contributed by atoms with Crippen LogP contribution in [-0.2, 0) is 14.4 Å². The van der Waals surface area contributed by atoms with E-state index in [4.69, 9.17) is 4.74 Å². The fourth-order valence-electron chi connectivity index (χ4n) is 3.85. The van der Waals surface area contributed by atoms with Gasteiger partial charge in [-0.1, -0.05) is 19.9 Å². The Kier molecular flexibility index (Phi) is 8.86. The number of carbonyl (C=O) groups excluding carboxylic acids is 3. The van der Waals surface area contributed by atoms with Gasteiger partial charge in [0.05, 0.1) is 12.8 Å². The number of rotatable bonds is 8. The summed E-state index contributed by atoms with van der Waals surface area (Å²) >= 11 is 0. The molecule has 0 unspecified atom stereocenters. The third kappa shape index (κ3) is 6.95. The van der Waals surface area contributed by atoms with Crippen LogP contribution in [0.15, 0.2) is 18.2 Å². The molecule has 0 saturated carbocycles. The molecule has 3 amide bonds. The Morgan fingerprint density at radius 1 is 1.19 bits per heavy atom. The number of nitrogens with zero attached hydrogens (tertiary/aromatic N) is 1. The van der Waals surface area contributed by atoms with Gasteiger partial charge in [0.15, 0.2) is 6.04 Å². The molecule has 0 bridgehead atoms. The first-order valence-corrected chi connectivity index (χ1v) is 11.0. The Labute approximate surface area is 184 Å². The summed E-state index contributed by atoms with van der Waals surface area (Å²) in [5.41, 5.74) is 5.56. The summed E-state index contributed by atoms with van der Waals surface area (Å²) < 4.78 is 5.29. The predicted octanol–water partition coefficient (Wildman–Crippen LogP) is 1.34. The summed E-state index contributed by atoms with van der Waals surface area (Å²) in [6.07, 6.45) is 1.94. The first kappa shape index (κ1) is 24.7. The van der Waals surface area contributed by atoms with E-state index in [1.54, 1.807) is 20.1 Å². The van der Waals surface area contributed by atoms with Gasteiger partial charge in [0.2, 0.25) is 11.8 Å². The Morgan fingerprint density at radius 3 is 2.42 bits per heavy atom. The maximum atomic E-state index is 12.7. The van der Waals surface area contributed by atoms with E-state index in [1.807, 2.05) is 24.0 Å². The van der Waals surface area contributed by atoms with Gasteiger partial charge in [-0.05, 0) is 50.3 Å². The van der Waals surface area contributed by atoms with Crippen molar-refractivity contribution in [3.8, 4) is 5.75 Å². The Bertz CT molecular complexity index is 788. The van der Waals surface area contributed by atoms with Crippen LogP contribution in [0.4, 0.5) is 5.69 Å². The van der Waals surface area contributed by atoms with Crippen molar-refractivity contribution in [3.05, 3.63) is 23.8 Å². The maximum absolute atomic E-state index is 12.7. The van der Waals surface area contributed by atoms with E-state index in [1.165, 1.54) is 0 Å². The van der Waals surface area contributed by atoms with Crippen LogP contribution < -0.4 is 21.1 Å². The molecule has 1 saturated heterocycles. The standard InChI is InChI=1S/C23H36N4O4/c1-14(2)12-18(24)23(30)27-10-8-17(9-11-27)22(29)25-16(4)21(28)26-19-13-15(3)6-7-20(19)31-5/h6-7,13-14,16-18H,8-12,24H2,1-5H3,(H,25,29)(H,26,28)/p+1/t16-,18-/m0/s1. The second-order valence-electron chi connectivity index (χ2n) is 8.85. The van der Waals surface area contributed by atoms with E-state index >= 15 is 0 Å². The third-order valence-corrected chi connectivity index (χ3v) is 5.65. The molecule has 8 heteroatoms. The molecule has 1 aromatic carbocycles. The van der Waals surface area contributed by atoms with Crippen LogP contribution in [0.2, 0.25) is 0 Å². The van der Waals surface area contributed by atoms with E-state index in [0.717, 1.165) is 12.0 Å². The highest BCUT2D eigenvalue weighted by atomic mass is 16.5. The fraction of sp³-hybridized carbons (Fsp3) is 0.609. The smallest absolute Gasteiger partial charge is 0.280 e. The maximum Gasteiger partial charge on any atom is 0.280 e. The summed E-state index contributed by atoms with van der Waals surface area (Å²) in [7, 11) is 1.54. The van der Waals surface area contributed by atoms with E-state index in [0.29, 0.717) is 43.3 Å². The molecule has 1 heterocycles. The van der Waals surface area contributed by atoms with Crippen molar-refractivity contribution in [3.63, 3.8) is 0 Å². The molecule has 31 heavy (non-hydrogen) atoms. The third-order valence-electron chi connectivity index (χ3n) is 5.65. The number of piperidine rings is 1. The van der Waals surface area contributed by atoms with Gasteiger partial charge in [-0.15, -0.1) is 0 Å². The van der Waals surface area contributed by atoms with E-state index < -0.39 is 6.04 Å². The Morgan fingerprint density at radius 2 is 1.84 bits per heavy atom. The van der Waals surface area contributed by atoms with Gasteiger partial charge in [0.1, 0.15) is 11.8 Å². The van der Waals surface area contributed by atoms with Gasteiger partial charge >= 0.3 is 0 Å². The normalized spacial score (nSPS) is 16.5. The zero-order valence-corrected chi connectivity index (χ0v) is 19.4. The summed E-state index contributed by atoms with van der Waals surface area (Å²) in [5.74, 6) is 0.379. The van der Waals surface area contributed by atoms with Gasteiger partial charge in [-0.3, -0.25) is 14.4 Å². The number of amides is 3. The molecule has 2 atom stereocenters. The SMILES string of the molecule is COc1ccc(C)cc1NC(=O)[C@H](C)NC(=O)C1CCN(C(=O)[C@@H]([NH3+])CC(C)C)CC1. The number of quaternary nitrogens is 1. The molecule has 0 radical (unpaired) electrons. The van der Waals surface area contributed by atoms with Crippen molar-refractivity contribution in [2.45, 2.75) is 59.0 Å². The summed E-state index contributed by atoms with van der Waals surface area (Å²) in [6, 6.07) is 4.59. The fourth-order valence-corrected chi connectivity index (χ4v) is 3.85. The first-order chi connectivity index (χ1) is 14.6. The van der Waals surface area contributed by atoms with E-state index in [9.17, 15) is 14.4 Å². The van der Waals surface area contributed by atoms with Gasteiger partial charge < -0.3 is 26.0 Å². The molecule has 2 rings (SSSR count). The average molecular weight is 434 g/mol. The number of hydrogen-bond donors (Lipinski definition) is 3. The van der Waals surface area contributed by atoms with Crippen LogP contribution in [-0.4, -0.2) is 54.9 Å². The lowest BCUT2D eigenvalue weighted by Gasteiger charge is -2.32. The summed E-state index contributed by atoms with van der Waals surface area (Å²) in [6.45, 7) is 8.83. The number of methoxy groups -OCH3 is 1. The Hall–Kier alpha value is -2.61. The number of aryl methyl sites for hydroxylation is 1. The van der Waals surface area contributed by atoms with Crippen LogP contribution in [0.1, 0.15) is 45.6 Å². The predicted molar refractivity (Wildman–Crippen MR) is 119 cm³/mol. The van der Waals surface area contributed by atoms with Gasteiger partial charge in [-0.25, -0.2) is 0 Å². The minimum Gasteiger partial charge on any atom is -0.495 e. The molecule has 1 aliphatic heterocycles. The molecule has 172 valence electrons. The first-order valence-electron chi connectivity index (χ1n) is 11.0. The molecule has 1 aliphatic rings. The van der Waals surface area contributed by atoms with Crippen molar-refractivity contribution in [2.75, 3.05) is 25.5 Å². The second-order valence-corrected chi connectivity index (χ2v) is 8.85. The lowest BCUT2D eigenvalue weighted by atomic mass is 9.94. The molecule has 0 aromatic heterocycles. The van der Waals surface area contributed by atoms with Crippen LogP contribution >= 0.6 is 0 Å². The molecule has 8 nitrogen and oxygen atoms in total. The largest absolute Gasteiger partial charge is 0.495 e. The molecule has 5 N–H and O–H groups in total. The van der Waals surface area contributed by atoms with Crippen molar-refractivity contribution < 1.29 is 24.9 Å². The van der Waals surface area contributed by atoms with Crippen LogP contribution in [0.5, 0.6) is 5.75 Å². The number of likely N-dealkylation sites (tertiary alicyclic amines) is 1. The molecule has 1 aromatic rings. The number of nitrogens with one attached hydrogen (secondary N) is 2. The molecule has 0 aliphatic carbocycles. The van der Waals surface area contributed by atoms with E-state index in [-0.39, 0.29) is 29.7 Å². The molecular weight excluding hydrogens is 396 g/mol. The van der Waals surface area contributed by atoms with Crippen molar-refractivity contribution >= 4 is 23.4 Å². The average Bonchev–Trinajstić information content (AvgIpc) is 2.72. The van der Waals surface area contributed by atoms with Gasteiger partial charge in [-0.2, -0.15) is 0 Å². The zero-order valence-electron chi connectivity index (χ0n) is 19.4. The number of anilines is 1. The monoisotopic (exact) mass is 433 g/mol. The highest BCUT2D eigenvalue weighted by Gasteiger charge is 2.32. The minimum atomic E-state index is -0.687. The molecular formula is C23H37N4O4+. The van der Waals surface area contributed by atoms with Crippen LogP contribution in [0.3, 0.4) is 0 Å². The second kappa shape index (κ2) is 11.1. The lowest BCUT2D eigenvalue weighted by molar-refractivity contribution is -0.408. The topological polar surface area (TPSA) is 115 Å². The Balaban J connectivity index is 1.85. The summed E-state index contributed by atoms with van der Waals surface area (Å²) in [5, 5.41) is 5.63. The zero-order chi connectivity index (χ0) is 23.1. The quantitative estimate of drug-likeness (QED) is 0.574. The molecule has 1 fully saturated rings. The van der Waals surface area contributed by atoms with Crippen LogP contribution in [0.25, 0.3) is 0 Å². The number of ether oxygens (including phenoxy) is 1.